The van der Waals surface area contributed by atoms with Gasteiger partial charge in [-0.15, -0.1) is 0 Å². The van der Waals surface area contributed by atoms with Gasteiger partial charge in [0.1, 0.15) is 0 Å². The van der Waals surface area contributed by atoms with Crippen molar-refractivity contribution in [1.82, 2.24) is 9.88 Å². The molecule has 2 aromatic carbocycles. The molecule has 0 saturated carbocycles. The molecule has 4 nitrogen and oxygen atoms in total. The van der Waals surface area contributed by atoms with Crippen LogP contribution >= 0.6 is 11.6 Å². The van der Waals surface area contributed by atoms with Crippen molar-refractivity contribution in [2.24, 2.45) is 0 Å². The fourth-order valence-corrected chi connectivity index (χ4v) is 3.80. The zero-order valence-corrected chi connectivity index (χ0v) is 16.6. The molecule has 5 heteroatoms. The molecule has 4 rings (SSSR count). The lowest BCUT2D eigenvalue weighted by molar-refractivity contribution is 0.0787. The third-order valence-electron chi connectivity index (χ3n) is 5.24. The molecule has 0 spiro atoms. The number of aromatic nitrogens is 1. The van der Waals surface area contributed by atoms with Gasteiger partial charge in [0.05, 0.1) is 18.2 Å². The molecule has 1 N–H and O–H groups in total. The molecule has 28 heavy (non-hydrogen) atoms. The molecule has 0 unspecified atom stereocenters. The highest BCUT2D eigenvalue weighted by Gasteiger charge is 2.19. The number of halogens is 1. The van der Waals surface area contributed by atoms with Gasteiger partial charge in [-0.3, -0.25) is 4.90 Å². The molecule has 1 aliphatic heterocycles. The van der Waals surface area contributed by atoms with Crippen LogP contribution in [0.4, 0.5) is 0 Å². The van der Waals surface area contributed by atoms with E-state index < -0.39 is 0 Å². The van der Waals surface area contributed by atoms with Crippen LogP contribution in [0.15, 0.2) is 54.6 Å². The Kier molecular flexibility index (Phi) is 6.10. The van der Waals surface area contributed by atoms with Crippen molar-refractivity contribution in [1.29, 1.82) is 0 Å². The fourth-order valence-electron chi connectivity index (χ4n) is 3.63. The lowest BCUT2D eigenvalue weighted by Gasteiger charge is -2.29. The first-order chi connectivity index (χ1) is 13.7. The van der Waals surface area contributed by atoms with Crippen LogP contribution in [0.5, 0.6) is 5.88 Å². The van der Waals surface area contributed by atoms with Gasteiger partial charge in [-0.2, -0.15) is 0 Å². The summed E-state index contributed by atoms with van der Waals surface area (Å²) in [7, 11) is 0. The van der Waals surface area contributed by atoms with Gasteiger partial charge in [0.2, 0.25) is 5.88 Å². The lowest BCUT2D eigenvalue weighted by atomic mass is 10.1. The van der Waals surface area contributed by atoms with E-state index in [-0.39, 0.29) is 6.10 Å². The smallest absolute Gasteiger partial charge is 0.218 e. The lowest BCUT2D eigenvalue weighted by Crippen LogP contribution is -2.35. The number of pyridine rings is 1. The second-order valence-electron chi connectivity index (χ2n) is 7.38. The van der Waals surface area contributed by atoms with E-state index in [0.717, 1.165) is 55.4 Å². The Balaban J connectivity index is 1.54. The number of piperidine rings is 1. The number of nitrogens with zero attached hydrogens (tertiary/aromatic N) is 2. The van der Waals surface area contributed by atoms with Gasteiger partial charge in [0.25, 0.3) is 0 Å². The number of rotatable bonds is 6. The number of aliphatic hydroxyl groups is 1. The highest BCUT2D eigenvalue weighted by Crippen LogP contribution is 2.27. The van der Waals surface area contributed by atoms with Crippen molar-refractivity contribution in [2.75, 3.05) is 19.7 Å². The van der Waals surface area contributed by atoms with Crippen LogP contribution in [0, 0.1) is 0 Å². The summed E-state index contributed by atoms with van der Waals surface area (Å²) in [6.45, 7) is 3.14. The normalized spacial score (nSPS) is 15.8. The van der Waals surface area contributed by atoms with Gasteiger partial charge in [-0.25, -0.2) is 4.98 Å². The number of benzene rings is 2. The summed E-state index contributed by atoms with van der Waals surface area (Å²) in [5.41, 5.74) is 3.18. The number of likely N-dealkylation sites (tertiary alicyclic amines) is 1. The molecule has 0 bridgehead atoms. The summed E-state index contributed by atoms with van der Waals surface area (Å²) in [4.78, 5) is 7.12. The zero-order valence-electron chi connectivity index (χ0n) is 15.9. The van der Waals surface area contributed by atoms with Crippen molar-refractivity contribution in [3.63, 3.8) is 0 Å². The largest absolute Gasteiger partial charge is 0.477 e. The van der Waals surface area contributed by atoms with Gasteiger partial charge in [0, 0.05) is 42.0 Å². The average Bonchev–Trinajstić information content (AvgIpc) is 2.71. The van der Waals surface area contributed by atoms with Crippen LogP contribution < -0.4 is 4.74 Å². The van der Waals surface area contributed by atoms with Crippen molar-refractivity contribution < 1.29 is 9.84 Å². The molecular weight excluding hydrogens is 372 g/mol. The molecule has 1 fully saturated rings. The Morgan fingerprint density at radius 1 is 1.07 bits per heavy atom. The van der Waals surface area contributed by atoms with E-state index in [1.54, 1.807) is 0 Å². The zero-order chi connectivity index (χ0) is 19.3. The monoisotopic (exact) mass is 396 g/mol. The van der Waals surface area contributed by atoms with E-state index in [4.69, 9.17) is 21.3 Å². The van der Waals surface area contributed by atoms with Crippen LogP contribution in [-0.4, -0.2) is 40.8 Å². The number of hydrogen-bond donors (Lipinski definition) is 1. The topological polar surface area (TPSA) is 45.6 Å². The van der Waals surface area contributed by atoms with Crippen molar-refractivity contribution in [2.45, 2.75) is 31.9 Å². The second-order valence-corrected chi connectivity index (χ2v) is 7.82. The molecule has 1 aliphatic rings. The van der Waals surface area contributed by atoms with E-state index >= 15 is 0 Å². The number of fused-ring (bicyclic) bond motifs is 1. The molecule has 1 aromatic heterocycles. The van der Waals surface area contributed by atoms with Gasteiger partial charge in [-0.05, 0) is 36.6 Å². The Labute approximate surface area is 170 Å². The van der Waals surface area contributed by atoms with Crippen molar-refractivity contribution >= 4 is 22.5 Å². The van der Waals surface area contributed by atoms with Crippen molar-refractivity contribution in [3.8, 4) is 5.88 Å². The maximum Gasteiger partial charge on any atom is 0.218 e. The summed E-state index contributed by atoms with van der Waals surface area (Å²) in [5.74, 6) is 0.678. The highest BCUT2D eigenvalue weighted by molar-refractivity contribution is 6.31. The predicted octanol–water partition coefficient (Wildman–Crippen LogP) is 4.47. The molecule has 0 amide bonds. The number of aliphatic hydroxyl groups excluding tert-OH is 1. The maximum atomic E-state index is 9.76. The van der Waals surface area contributed by atoms with E-state index in [1.165, 1.54) is 5.56 Å². The quantitative estimate of drug-likeness (QED) is 0.667. The minimum absolute atomic E-state index is 0.172. The number of ether oxygens (including phenoxy) is 1. The van der Waals surface area contributed by atoms with E-state index in [2.05, 4.69) is 23.1 Å². The molecule has 3 aromatic rings. The molecular formula is C23H25ClN2O2. The van der Waals surface area contributed by atoms with Crippen LogP contribution in [0.2, 0.25) is 5.02 Å². The van der Waals surface area contributed by atoms with E-state index in [0.29, 0.717) is 17.5 Å². The summed E-state index contributed by atoms with van der Waals surface area (Å²) < 4.78 is 6.12. The van der Waals surface area contributed by atoms with Crippen LogP contribution in [0.25, 0.3) is 10.9 Å². The Morgan fingerprint density at radius 2 is 1.86 bits per heavy atom. The number of hydrogen-bond acceptors (Lipinski definition) is 4. The second kappa shape index (κ2) is 8.91. The Bertz CT molecular complexity index is 925. The fraction of sp³-hybridized carbons (Fsp3) is 0.348. The van der Waals surface area contributed by atoms with Crippen LogP contribution in [0.3, 0.4) is 0 Å². The summed E-state index contributed by atoms with van der Waals surface area (Å²) in [6.07, 6.45) is 2.31. The third kappa shape index (κ3) is 4.82. The van der Waals surface area contributed by atoms with E-state index in [1.807, 2.05) is 36.4 Å². The summed E-state index contributed by atoms with van der Waals surface area (Å²) in [6, 6.07) is 18.2. The molecule has 1 saturated heterocycles. The molecule has 0 radical (unpaired) electrons. The van der Waals surface area contributed by atoms with Crippen molar-refractivity contribution in [3.05, 3.63) is 70.7 Å². The van der Waals surface area contributed by atoms with Gasteiger partial charge in [-0.1, -0.05) is 48.0 Å². The van der Waals surface area contributed by atoms with Gasteiger partial charge >= 0.3 is 0 Å². The SMILES string of the molecule is OC1CCN(Cc2cc3ccc(Cl)cc3nc2OCCc2ccccc2)CC1. The minimum Gasteiger partial charge on any atom is -0.477 e. The molecule has 0 aliphatic carbocycles. The molecule has 146 valence electrons. The minimum atomic E-state index is -0.172. The molecule has 0 atom stereocenters. The first kappa shape index (κ1) is 19.2. The first-order valence-electron chi connectivity index (χ1n) is 9.84. The first-order valence-corrected chi connectivity index (χ1v) is 10.2. The maximum absolute atomic E-state index is 9.76. The van der Waals surface area contributed by atoms with Gasteiger partial charge < -0.3 is 9.84 Å². The van der Waals surface area contributed by atoms with Crippen LogP contribution in [0.1, 0.15) is 24.0 Å². The Hall–Kier alpha value is -2.14. The Morgan fingerprint density at radius 3 is 2.64 bits per heavy atom. The average molecular weight is 397 g/mol. The van der Waals surface area contributed by atoms with Crippen LogP contribution in [-0.2, 0) is 13.0 Å². The van der Waals surface area contributed by atoms with Gasteiger partial charge in [0.15, 0.2) is 0 Å². The van der Waals surface area contributed by atoms with E-state index in [9.17, 15) is 5.11 Å². The third-order valence-corrected chi connectivity index (χ3v) is 5.48. The standard InChI is InChI=1S/C23H25ClN2O2/c24-20-7-6-18-14-19(16-26-11-8-21(27)9-12-26)23(25-22(18)15-20)28-13-10-17-4-2-1-3-5-17/h1-7,14-15,21,27H,8-13,16H2. The highest BCUT2D eigenvalue weighted by atomic mass is 35.5. The molecule has 2 heterocycles. The summed E-state index contributed by atoms with van der Waals surface area (Å²) in [5, 5.41) is 11.5. The summed E-state index contributed by atoms with van der Waals surface area (Å²) >= 11 is 6.15. The predicted molar refractivity (Wildman–Crippen MR) is 113 cm³/mol.